The number of hydrogen-bond donors (Lipinski definition) is 3. The van der Waals surface area contributed by atoms with Gasteiger partial charge in [-0.3, -0.25) is 4.79 Å². The number of benzene rings is 1. The van der Waals surface area contributed by atoms with E-state index in [1.165, 1.54) is 0 Å². The largest absolute Gasteiger partial charge is 0.508 e. The smallest absolute Gasteiger partial charge is 0.237 e. The zero-order valence-corrected chi connectivity index (χ0v) is 8.73. The van der Waals surface area contributed by atoms with Crippen LogP contribution in [0.25, 0.3) is 0 Å². The standard InChI is InChI=1S/C11H16N2O2/c1-2-9(12)11(15)13-7-8-5-3-4-6-10(8)14/h3-6,9,14H,2,7,12H2,1H3,(H,13,15)/t9-/m0/s1. The predicted molar refractivity (Wildman–Crippen MR) is 58.2 cm³/mol. The Labute approximate surface area is 89.1 Å². The molecule has 0 heterocycles. The average molecular weight is 208 g/mol. The number of para-hydroxylation sites is 1. The Morgan fingerprint density at radius 2 is 2.20 bits per heavy atom. The summed E-state index contributed by atoms with van der Waals surface area (Å²) >= 11 is 0. The maximum atomic E-state index is 11.3. The van der Waals surface area contributed by atoms with E-state index in [1.807, 2.05) is 6.92 Å². The number of rotatable bonds is 4. The van der Waals surface area contributed by atoms with Gasteiger partial charge in [0.2, 0.25) is 5.91 Å². The first kappa shape index (κ1) is 11.5. The topological polar surface area (TPSA) is 75.4 Å². The summed E-state index contributed by atoms with van der Waals surface area (Å²) in [5, 5.41) is 12.1. The SMILES string of the molecule is CC[C@H](N)C(=O)NCc1ccccc1O. The number of hydrogen-bond acceptors (Lipinski definition) is 3. The number of aromatic hydroxyl groups is 1. The lowest BCUT2D eigenvalue weighted by Gasteiger charge is -2.10. The van der Waals surface area contributed by atoms with E-state index >= 15 is 0 Å². The third-order valence-electron chi connectivity index (χ3n) is 2.22. The minimum absolute atomic E-state index is 0.183. The Morgan fingerprint density at radius 3 is 2.80 bits per heavy atom. The van der Waals surface area contributed by atoms with Crippen LogP contribution >= 0.6 is 0 Å². The van der Waals surface area contributed by atoms with Crippen LogP contribution in [0.5, 0.6) is 5.75 Å². The Balaban J connectivity index is 2.51. The second-order valence-electron chi connectivity index (χ2n) is 3.36. The number of nitrogens with one attached hydrogen (secondary N) is 1. The number of phenolic OH excluding ortho intramolecular Hbond substituents is 1. The van der Waals surface area contributed by atoms with Crippen LogP contribution in [0.4, 0.5) is 0 Å². The molecule has 0 aliphatic carbocycles. The third-order valence-corrected chi connectivity index (χ3v) is 2.22. The molecule has 0 radical (unpaired) electrons. The van der Waals surface area contributed by atoms with E-state index in [1.54, 1.807) is 24.3 Å². The first-order chi connectivity index (χ1) is 7.15. The van der Waals surface area contributed by atoms with Gasteiger partial charge >= 0.3 is 0 Å². The summed E-state index contributed by atoms with van der Waals surface area (Å²) in [4.78, 5) is 11.3. The van der Waals surface area contributed by atoms with Crippen molar-refractivity contribution in [2.24, 2.45) is 5.73 Å². The summed E-state index contributed by atoms with van der Waals surface area (Å²) in [5.74, 6) is -0.0105. The molecule has 0 bridgehead atoms. The molecule has 1 aromatic rings. The minimum atomic E-state index is -0.476. The Bertz CT molecular complexity index is 339. The van der Waals surface area contributed by atoms with Crippen molar-refractivity contribution in [1.82, 2.24) is 5.32 Å². The van der Waals surface area contributed by atoms with E-state index in [0.29, 0.717) is 18.5 Å². The summed E-state index contributed by atoms with van der Waals surface area (Å²) in [6.07, 6.45) is 0.604. The Morgan fingerprint density at radius 1 is 1.53 bits per heavy atom. The molecule has 1 rings (SSSR count). The molecule has 4 N–H and O–H groups in total. The lowest BCUT2D eigenvalue weighted by Crippen LogP contribution is -2.39. The van der Waals surface area contributed by atoms with Gasteiger partial charge < -0.3 is 16.2 Å². The molecule has 0 aliphatic heterocycles. The second kappa shape index (κ2) is 5.36. The highest BCUT2D eigenvalue weighted by atomic mass is 16.3. The van der Waals surface area contributed by atoms with Crippen LogP contribution in [0.15, 0.2) is 24.3 Å². The zero-order chi connectivity index (χ0) is 11.3. The van der Waals surface area contributed by atoms with Gasteiger partial charge in [-0.05, 0) is 12.5 Å². The molecule has 15 heavy (non-hydrogen) atoms. The zero-order valence-electron chi connectivity index (χ0n) is 8.73. The second-order valence-corrected chi connectivity index (χ2v) is 3.36. The van der Waals surface area contributed by atoms with E-state index in [0.717, 1.165) is 0 Å². The van der Waals surface area contributed by atoms with E-state index in [2.05, 4.69) is 5.32 Å². The summed E-state index contributed by atoms with van der Waals surface area (Å²) < 4.78 is 0. The van der Waals surface area contributed by atoms with Gasteiger partial charge in [-0.25, -0.2) is 0 Å². The number of nitrogens with two attached hydrogens (primary N) is 1. The van der Waals surface area contributed by atoms with Crippen LogP contribution in [0.3, 0.4) is 0 Å². The summed E-state index contributed by atoms with van der Waals surface area (Å²) in [6, 6.07) is 6.41. The first-order valence-corrected chi connectivity index (χ1v) is 4.95. The molecule has 4 nitrogen and oxygen atoms in total. The highest BCUT2D eigenvalue weighted by molar-refractivity contribution is 5.81. The summed E-state index contributed by atoms with van der Waals surface area (Å²) in [5.41, 5.74) is 6.23. The Kier molecular flexibility index (Phi) is 4.12. The maximum Gasteiger partial charge on any atom is 0.237 e. The summed E-state index contributed by atoms with van der Waals surface area (Å²) in [6.45, 7) is 2.16. The monoisotopic (exact) mass is 208 g/mol. The van der Waals surface area contributed by atoms with Crippen molar-refractivity contribution in [1.29, 1.82) is 0 Å². The lowest BCUT2D eigenvalue weighted by molar-refractivity contribution is -0.122. The quantitative estimate of drug-likeness (QED) is 0.683. The Hall–Kier alpha value is -1.55. The van der Waals surface area contributed by atoms with E-state index in [4.69, 9.17) is 5.73 Å². The molecule has 0 aliphatic rings. The number of carbonyl (C=O) groups excluding carboxylic acids is 1. The van der Waals surface area contributed by atoms with Crippen molar-refractivity contribution in [3.05, 3.63) is 29.8 Å². The molecule has 1 atom stereocenters. The molecule has 0 saturated heterocycles. The molecule has 82 valence electrons. The van der Waals surface area contributed by atoms with Gasteiger partial charge in [0, 0.05) is 12.1 Å². The van der Waals surface area contributed by atoms with Crippen LogP contribution in [-0.2, 0) is 11.3 Å². The predicted octanol–water partition coefficient (Wildman–Crippen LogP) is 0.746. The van der Waals surface area contributed by atoms with Crippen molar-refractivity contribution in [3.63, 3.8) is 0 Å². The maximum absolute atomic E-state index is 11.3. The van der Waals surface area contributed by atoms with Crippen LogP contribution < -0.4 is 11.1 Å². The molecule has 0 unspecified atom stereocenters. The average Bonchev–Trinajstić information content (AvgIpc) is 2.26. The number of amides is 1. The summed E-state index contributed by atoms with van der Waals surface area (Å²) in [7, 11) is 0. The molecular formula is C11H16N2O2. The van der Waals surface area contributed by atoms with Crippen molar-refractivity contribution in [2.45, 2.75) is 25.9 Å². The molecule has 0 aromatic heterocycles. The fraction of sp³-hybridized carbons (Fsp3) is 0.364. The van der Waals surface area contributed by atoms with Gasteiger partial charge in [-0.15, -0.1) is 0 Å². The molecule has 1 amide bonds. The van der Waals surface area contributed by atoms with Gasteiger partial charge in [0.25, 0.3) is 0 Å². The van der Waals surface area contributed by atoms with Gasteiger partial charge in [0.1, 0.15) is 5.75 Å². The number of carbonyl (C=O) groups is 1. The molecular weight excluding hydrogens is 192 g/mol. The van der Waals surface area contributed by atoms with E-state index < -0.39 is 6.04 Å². The molecule has 1 aromatic carbocycles. The van der Waals surface area contributed by atoms with Gasteiger partial charge in [0.05, 0.1) is 6.04 Å². The molecule has 4 heteroatoms. The van der Waals surface area contributed by atoms with Crippen molar-refractivity contribution < 1.29 is 9.90 Å². The van der Waals surface area contributed by atoms with Crippen molar-refractivity contribution in [3.8, 4) is 5.75 Å². The van der Waals surface area contributed by atoms with Crippen LogP contribution in [0.1, 0.15) is 18.9 Å². The minimum Gasteiger partial charge on any atom is -0.508 e. The molecule has 0 fully saturated rings. The van der Waals surface area contributed by atoms with Crippen LogP contribution in [0.2, 0.25) is 0 Å². The third kappa shape index (κ3) is 3.25. The van der Waals surface area contributed by atoms with Gasteiger partial charge in [-0.2, -0.15) is 0 Å². The molecule has 0 spiro atoms. The van der Waals surface area contributed by atoms with Crippen molar-refractivity contribution in [2.75, 3.05) is 0 Å². The molecule has 0 saturated carbocycles. The normalized spacial score (nSPS) is 12.1. The van der Waals surface area contributed by atoms with Gasteiger partial charge in [-0.1, -0.05) is 25.1 Å². The fourth-order valence-corrected chi connectivity index (χ4v) is 1.16. The van der Waals surface area contributed by atoms with E-state index in [-0.39, 0.29) is 11.7 Å². The van der Waals surface area contributed by atoms with Crippen LogP contribution in [-0.4, -0.2) is 17.1 Å². The number of phenols is 1. The van der Waals surface area contributed by atoms with E-state index in [9.17, 15) is 9.90 Å². The first-order valence-electron chi connectivity index (χ1n) is 4.95. The van der Waals surface area contributed by atoms with Crippen LogP contribution in [0, 0.1) is 0 Å². The highest BCUT2D eigenvalue weighted by Gasteiger charge is 2.10. The van der Waals surface area contributed by atoms with Crippen molar-refractivity contribution >= 4 is 5.91 Å². The fourth-order valence-electron chi connectivity index (χ4n) is 1.16. The highest BCUT2D eigenvalue weighted by Crippen LogP contribution is 2.14. The lowest BCUT2D eigenvalue weighted by atomic mass is 10.2. The van der Waals surface area contributed by atoms with Gasteiger partial charge in [0.15, 0.2) is 0 Å².